The summed E-state index contributed by atoms with van der Waals surface area (Å²) in [5.41, 5.74) is 1.67. The fraction of sp³-hybridized carbons (Fsp3) is 0.444. The van der Waals surface area contributed by atoms with Crippen molar-refractivity contribution in [1.29, 1.82) is 0 Å². The summed E-state index contributed by atoms with van der Waals surface area (Å²) in [5.74, 6) is -0.470. The number of aryl methyl sites for hydroxylation is 1. The highest BCUT2D eigenvalue weighted by molar-refractivity contribution is 5.43. The summed E-state index contributed by atoms with van der Waals surface area (Å²) in [7, 11) is 0. The van der Waals surface area contributed by atoms with Gasteiger partial charge in [0.15, 0.2) is 11.6 Å². The number of rotatable bonds is 10. The highest BCUT2D eigenvalue weighted by Crippen LogP contribution is 2.33. The van der Waals surface area contributed by atoms with Crippen molar-refractivity contribution in [3.63, 3.8) is 0 Å². The van der Waals surface area contributed by atoms with Gasteiger partial charge in [-0.2, -0.15) is 5.10 Å². The van der Waals surface area contributed by atoms with Crippen molar-refractivity contribution in [2.45, 2.75) is 65.8 Å². The molecule has 35 heavy (non-hydrogen) atoms. The van der Waals surface area contributed by atoms with Crippen molar-refractivity contribution in [2.24, 2.45) is 0 Å². The van der Waals surface area contributed by atoms with Gasteiger partial charge in [-0.3, -0.25) is 4.90 Å². The smallest absolute Gasteiger partial charge is 0.227 e. The van der Waals surface area contributed by atoms with Gasteiger partial charge in [0.25, 0.3) is 0 Å². The molecule has 3 rings (SSSR count). The first kappa shape index (κ1) is 26.8. The second-order valence-corrected chi connectivity index (χ2v) is 9.89. The van der Waals surface area contributed by atoms with E-state index in [-0.39, 0.29) is 29.8 Å². The third-order valence-electron chi connectivity index (χ3n) is 5.50. The Balaban J connectivity index is 1.96. The molecular weight excluding hydrogens is 452 g/mol. The first-order valence-electron chi connectivity index (χ1n) is 11.8. The lowest BCUT2D eigenvalue weighted by Crippen LogP contribution is -2.40. The van der Waals surface area contributed by atoms with Crippen LogP contribution in [0.25, 0.3) is 5.69 Å². The van der Waals surface area contributed by atoms with E-state index < -0.39 is 11.9 Å². The van der Waals surface area contributed by atoms with Crippen LogP contribution in [0.3, 0.4) is 0 Å². The minimum atomic E-state index is -0.694. The summed E-state index contributed by atoms with van der Waals surface area (Å²) >= 11 is 0. The molecule has 1 unspecified atom stereocenters. The summed E-state index contributed by atoms with van der Waals surface area (Å²) < 4.78 is 41.4. The molecule has 0 aliphatic carbocycles. The zero-order valence-corrected chi connectivity index (χ0v) is 21.3. The first-order valence-corrected chi connectivity index (χ1v) is 11.8. The Bertz CT molecular complexity index is 1110. The Labute approximate surface area is 206 Å². The zero-order chi connectivity index (χ0) is 25.8. The normalized spacial score (nSPS) is 13.0. The van der Waals surface area contributed by atoms with Crippen molar-refractivity contribution >= 4 is 0 Å². The van der Waals surface area contributed by atoms with Crippen LogP contribution < -0.4 is 4.74 Å². The molecule has 3 aromatic rings. The summed E-state index contributed by atoms with van der Waals surface area (Å²) in [6.07, 6.45) is -0.694. The highest BCUT2D eigenvalue weighted by Gasteiger charge is 2.25. The Hall–Kier alpha value is -2.81. The maximum atomic E-state index is 14.5. The summed E-state index contributed by atoms with van der Waals surface area (Å²) in [5, 5.41) is 15.3. The van der Waals surface area contributed by atoms with E-state index in [1.807, 2.05) is 41.5 Å². The molecule has 1 atom stereocenters. The number of ether oxygens (including phenoxy) is 2. The van der Waals surface area contributed by atoms with Gasteiger partial charge in [0.2, 0.25) is 5.88 Å². The molecular formula is C27H35F2N3O3. The van der Waals surface area contributed by atoms with E-state index in [1.165, 1.54) is 18.2 Å². The van der Waals surface area contributed by atoms with E-state index in [1.54, 1.807) is 35.0 Å². The molecule has 190 valence electrons. The number of aliphatic hydroxyl groups is 1. The number of nitrogens with zero attached hydrogens (tertiary/aromatic N) is 3. The molecule has 0 spiro atoms. The lowest BCUT2D eigenvalue weighted by Gasteiger charge is -2.30. The molecule has 1 aromatic heterocycles. The van der Waals surface area contributed by atoms with Crippen molar-refractivity contribution in [3.8, 4) is 17.3 Å². The van der Waals surface area contributed by atoms with E-state index in [4.69, 9.17) is 9.47 Å². The topological polar surface area (TPSA) is 59.8 Å². The minimum Gasteiger partial charge on any atom is -0.435 e. The maximum Gasteiger partial charge on any atom is 0.227 e. The van der Waals surface area contributed by atoms with E-state index in [9.17, 15) is 13.9 Å². The monoisotopic (exact) mass is 487 g/mol. The van der Waals surface area contributed by atoms with Crippen molar-refractivity contribution in [2.75, 3.05) is 13.2 Å². The lowest BCUT2D eigenvalue weighted by atomic mass is 10.1. The van der Waals surface area contributed by atoms with Gasteiger partial charge in [0.1, 0.15) is 5.82 Å². The number of hydrogen-bond acceptors (Lipinski definition) is 5. The summed E-state index contributed by atoms with van der Waals surface area (Å²) in [4.78, 5) is 2.09. The predicted octanol–water partition coefficient (Wildman–Crippen LogP) is 5.64. The van der Waals surface area contributed by atoms with Crippen LogP contribution in [-0.4, -0.2) is 50.7 Å². The fourth-order valence-electron chi connectivity index (χ4n) is 3.54. The third-order valence-corrected chi connectivity index (χ3v) is 5.50. The largest absolute Gasteiger partial charge is 0.435 e. The molecule has 0 amide bonds. The minimum absolute atomic E-state index is 0.0618. The summed E-state index contributed by atoms with van der Waals surface area (Å²) in [6.45, 7) is 12.7. The Morgan fingerprint density at radius 3 is 2.31 bits per heavy atom. The average molecular weight is 488 g/mol. The van der Waals surface area contributed by atoms with Gasteiger partial charge in [-0.1, -0.05) is 12.1 Å². The van der Waals surface area contributed by atoms with Gasteiger partial charge < -0.3 is 14.6 Å². The molecule has 8 heteroatoms. The SMILES string of the molecule is Cc1nn(-c2ccc(F)cc2)c(Oc2ccccc2F)c1CN(CC(O)COC(C)(C)C)C(C)C. The van der Waals surface area contributed by atoms with Gasteiger partial charge in [-0.05, 0) is 77.9 Å². The average Bonchev–Trinajstić information content (AvgIpc) is 3.08. The number of aliphatic hydroxyl groups excluding tert-OH is 1. The highest BCUT2D eigenvalue weighted by atomic mass is 19.1. The lowest BCUT2D eigenvalue weighted by molar-refractivity contribution is -0.0587. The van der Waals surface area contributed by atoms with Gasteiger partial charge in [-0.15, -0.1) is 0 Å². The summed E-state index contributed by atoms with van der Waals surface area (Å²) in [6, 6.07) is 12.1. The van der Waals surface area contributed by atoms with Crippen LogP contribution in [-0.2, 0) is 11.3 Å². The van der Waals surface area contributed by atoms with Crippen LogP contribution in [0.5, 0.6) is 11.6 Å². The molecule has 0 aliphatic heterocycles. The van der Waals surface area contributed by atoms with E-state index in [0.717, 1.165) is 5.56 Å². The number of halogens is 2. The van der Waals surface area contributed by atoms with Crippen LogP contribution in [0, 0.1) is 18.6 Å². The second kappa shape index (κ2) is 11.3. The van der Waals surface area contributed by atoms with Crippen LogP contribution in [0.2, 0.25) is 0 Å². The molecule has 6 nitrogen and oxygen atoms in total. The third kappa shape index (κ3) is 7.34. The predicted molar refractivity (Wildman–Crippen MR) is 132 cm³/mol. The molecule has 0 aliphatic rings. The number of benzene rings is 2. The zero-order valence-electron chi connectivity index (χ0n) is 21.3. The number of hydrogen-bond donors (Lipinski definition) is 1. The molecule has 0 bridgehead atoms. The molecule has 1 N–H and O–H groups in total. The van der Waals surface area contributed by atoms with Gasteiger partial charge in [-0.25, -0.2) is 13.5 Å². The molecule has 0 fully saturated rings. The second-order valence-electron chi connectivity index (χ2n) is 9.89. The Morgan fingerprint density at radius 2 is 1.71 bits per heavy atom. The van der Waals surface area contributed by atoms with E-state index in [0.29, 0.717) is 30.4 Å². The van der Waals surface area contributed by atoms with Crippen LogP contribution in [0.15, 0.2) is 48.5 Å². The van der Waals surface area contributed by atoms with E-state index >= 15 is 0 Å². The number of aromatic nitrogens is 2. The van der Waals surface area contributed by atoms with Crippen LogP contribution in [0.1, 0.15) is 45.9 Å². The van der Waals surface area contributed by atoms with Crippen molar-refractivity contribution in [1.82, 2.24) is 14.7 Å². The molecule has 0 radical (unpaired) electrons. The quantitative estimate of drug-likeness (QED) is 0.401. The maximum absolute atomic E-state index is 14.5. The molecule has 0 saturated heterocycles. The van der Waals surface area contributed by atoms with Gasteiger partial charge >= 0.3 is 0 Å². The van der Waals surface area contributed by atoms with Crippen LogP contribution >= 0.6 is 0 Å². The first-order chi connectivity index (χ1) is 16.4. The standard InChI is InChI=1S/C27H35F2N3O3/c1-18(2)31(15-22(33)17-34-27(4,5)6)16-23-19(3)30-32(21-13-11-20(28)12-14-21)26(23)35-25-10-8-7-9-24(25)29/h7-14,18,22,33H,15-17H2,1-6H3. The Kier molecular flexibility index (Phi) is 8.64. The van der Waals surface area contributed by atoms with Crippen molar-refractivity contribution in [3.05, 3.63) is 71.4 Å². The fourth-order valence-corrected chi connectivity index (χ4v) is 3.54. The molecule has 1 heterocycles. The van der Waals surface area contributed by atoms with Gasteiger partial charge in [0, 0.05) is 19.1 Å². The number of para-hydroxylation sites is 1. The molecule has 0 saturated carbocycles. The van der Waals surface area contributed by atoms with Crippen molar-refractivity contribution < 1.29 is 23.4 Å². The van der Waals surface area contributed by atoms with Crippen LogP contribution in [0.4, 0.5) is 8.78 Å². The van der Waals surface area contributed by atoms with E-state index in [2.05, 4.69) is 10.00 Å². The van der Waals surface area contributed by atoms with Gasteiger partial charge in [0.05, 0.1) is 35.3 Å². The molecule has 2 aromatic carbocycles. The Morgan fingerprint density at radius 1 is 1.06 bits per heavy atom.